The van der Waals surface area contributed by atoms with Crippen LogP contribution in [0.3, 0.4) is 0 Å². The predicted octanol–water partition coefficient (Wildman–Crippen LogP) is 1.94. The number of aromatic nitrogens is 3. The van der Waals surface area contributed by atoms with E-state index in [2.05, 4.69) is 19.9 Å². The van der Waals surface area contributed by atoms with Crippen molar-refractivity contribution in [3.05, 3.63) is 41.3 Å². The highest BCUT2D eigenvalue weighted by atomic mass is 19.4. The van der Waals surface area contributed by atoms with Crippen LogP contribution >= 0.6 is 0 Å². The number of halogens is 3. The fraction of sp³-hybridized carbons (Fsp3) is 0.357. The number of nitrogens with zero attached hydrogens (tertiary/aromatic N) is 3. The van der Waals surface area contributed by atoms with E-state index in [-0.39, 0.29) is 17.4 Å². The van der Waals surface area contributed by atoms with Crippen LogP contribution in [0, 0.1) is 0 Å². The van der Waals surface area contributed by atoms with Gasteiger partial charge in [-0.2, -0.15) is 18.3 Å². The lowest BCUT2D eigenvalue weighted by Crippen LogP contribution is -2.35. The lowest BCUT2D eigenvalue weighted by molar-refractivity contribution is -0.154. The number of nitrogens with one attached hydrogen (secondary N) is 1. The van der Waals surface area contributed by atoms with Crippen LogP contribution < -0.4 is 4.74 Å². The minimum Gasteiger partial charge on any atom is -0.468 e. The number of rotatable bonds is 3. The quantitative estimate of drug-likeness (QED) is 0.936. The lowest BCUT2D eigenvalue weighted by atomic mass is 10.1. The first-order valence-corrected chi connectivity index (χ1v) is 6.88. The Hall–Kier alpha value is -2.58. The second kappa shape index (κ2) is 5.90. The number of hydrogen-bond acceptors (Lipinski definition) is 4. The van der Waals surface area contributed by atoms with E-state index in [0.717, 1.165) is 11.3 Å². The largest absolute Gasteiger partial charge is 0.468 e. The fourth-order valence-corrected chi connectivity index (χ4v) is 2.36. The van der Waals surface area contributed by atoms with Gasteiger partial charge >= 0.3 is 6.18 Å². The normalized spacial score (nSPS) is 14.5. The molecule has 0 atom stereocenters. The van der Waals surface area contributed by atoms with Crippen molar-refractivity contribution in [2.24, 2.45) is 0 Å². The molecule has 0 aliphatic carbocycles. The van der Waals surface area contributed by atoms with Crippen LogP contribution in [-0.4, -0.2) is 45.3 Å². The zero-order chi connectivity index (χ0) is 16.4. The van der Waals surface area contributed by atoms with Gasteiger partial charge in [0.05, 0.1) is 6.20 Å². The third-order valence-electron chi connectivity index (χ3n) is 3.45. The highest BCUT2D eigenvalue weighted by Gasteiger charge is 2.29. The molecule has 2 aromatic rings. The Bertz CT molecular complexity index is 714. The number of hydrogen-bond donors (Lipinski definition) is 1. The van der Waals surface area contributed by atoms with Gasteiger partial charge in [0.25, 0.3) is 5.91 Å². The molecule has 0 saturated heterocycles. The van der Waals surface area contributed by atoms with E-state index >= 15 is 0 Å². The molecule has 2 aromatic heterocycles. The summed E-state index contributed by atoms with van der Waals surface area (Å²) in [5, 5.41) is 6.80. The molecule has 0 fully saturated rings. The first kappa shape index (κ1) is 15.3. The summed E-state index contributed by atoms with van der Waals surface area (Å²) in [6, 6.07) is 2.67. The Morgan fingerprint density at radius 3 is 3.04 bits per heavy atom. The first-order valence-electron chi connectivity index (χ1n) is 6.88. The van der Waals surface area contributed by atoms with Crippen molar-refractivity contribution >= 4 is 5.91 Å². The third-order valence-corrected chi connectivity index (χ3v) is 3.45. The van der Waals surface area contributed by atoms with Crippen molar-refractivity contribution in [1.29, 1.82) is 0 Å². The Kier molecular flexibility index (Phi) is 3.93. The van der Waals surface area contributed by atoms with Gasteiger partial charge in [0, 0.05) is 48.6 Å². The van der Waals surface area contributed by atoms with Crippen LogP contribution in [0.5, 0.6) is 5.88 Å². The number of pyridine rings is 1. The van der Waals surface area contributed by atoms with Gasteiger partial charge in [-0.1, -0.05) is 0 Å². The van der Waals surface area contributed by atoms with E-state index in [0.29, 0.717) is 19.5 Å². The number of carbonyl (C=O) groups is 1. The molecule has 0 spiro atoms. The van der Waals surface area contributed by atoms with Crippen molar-refractivity contribution in [2.45, 2.75) is 19.1 Å². The number of amides is 1. The summed E-state index contributed by atoms with van der Waals surface area (Å²) < 4.78 is 41.1. The van der Waals surface area contributed by atoms with Gasteiger partial charge in [-0.15, -0.1) is 0 Å². The summed E-state index contributed by atoms with van der Waals surface area (Å²) in [6.45, 7) is -0.527. The van der Waals surface area contributed by atoms with Crippen LogP contribution in [0.25, 0.3) is 0 Å². The second-order valence-corrected chi connectivity index (χ2v) is 5.14. The maximum absolute atomic E-state index is 12.5. The number of aromatic amines is 1. The SMILES string of the molecule is O=C(c1ccnc(OCC(F)(F)F)c1)N1CCc2[nH]ncc2C1. The van der Waals surface area contributed by atoms with E-state index in [9.17, 15) is 18.0 Å². The number of carbonyl (C=O) groups excluding carboxylic acids is 1. The van der Waals surface area contributed by atoms with Gasteiger partial charge in [0.15, 0.2) is 6.61 Å². The van der Waals surface area contributed by atoms with Crippen molar-refractivity contribution in [2.75, 3.05) is 13.2 Å². The minimum atomic E-state index is -4.45. The molecule has 1 N–H and O–H groups in total. The van der Waals surface area contributed by atoms with Crippen LogP contribution in [0.2, 0.25) is 0 Å². The molecular formula is C14H13F3N4O2. The molecule has 0 unspecified atom stereocenters. The molecular weight excluding hydrogens is 313 g/mol. The third kappa shape index (κ3) is 3.61. The average Bonchev–Trinajstić information content (AvgIpc) is 2.99. The molecule has 122 valence electrons. The van der Waals surface area contributed by atoms with Crippen molar-refractivity contribution < 1.29 is 22.7 Å². The summed E-state index contributed by atoms with van der Waals surface area (Å²) in [7, 11) is 0. The molecule has 3 rings (SSSR count). The molecule has 0 bridgehead atoms. The minimum absolute atomic E-state index is 0.228. The summed E-state index contributed by atoms with van der Waals surface area (Å²) >= 11 is 0. The molecule has 1 amide bonds. The van der Waals surface area contributed by atoms with Crippen LogP contribution in [0.4, 0.5) is 13.2 Å². The van der Waals surface area contributed by atoms with Crippen LogP contribution in [0.15, 0.2) is 24.5 Å². The van der Waals surface area contributed by atoms with Gasteiger partial charge in [0.2, 0.25) is 5.88 Å². The summed E-state index contributed by atoms with van der Waals surface area (Å²) in [6.07, 6.45) is -0.874. The highest BCUT2D eigenvalue weighted by molar-refractivity contribution is 5.94. The van der Waals surface area contributed by atoms with E-state index in [1.54, 1.807) is 11.1 Å². The van der Waals surface area contributed by atoms with E-state index in [1.807, 2.05) is 0 Å². The Labute approximate surface area is 129 Å². The monoisotopic (exact) mass is 326 g/mol. The Morgan fingerprint density at radius 1 is 1.43 bits per heavy atom. The first-order chi connectivity index (χ1) is 10.9. The lowest BCUT2D eigenvalue weighted by Gasteiger charge is -2.26. The van der Waals surface area contributed by atoms with Crippen molar-refractivity contribution in [3.8, 4) is 5.88 Å². The Balaban J connectivity index is 1.70. The van der Waals surface area contributed by atoms with Gasteiger partial charge in [-0.25, -0.2) is 4.98 Å². The number of H-pyrrole nitrogens is 1. The van der Waals surface area contributed by atoms with E-state index in [4.69, 9.17) is 0 Å². The highest BCUT2D eigenvalue weighted by Crippen LogP contribution is 2.21. The molecule has 1 aliphatic rings. The number of alkyl halides is 3. The van der Waals surface area contributed by atoms with Gasteiger partial charge in [0.1, 0.15) is 0 Å². The van der Waals surface area contributed by atoms with Gasteiger partial charge in [-0.3, -0.25) is 9.89 Å². The van der Waals surface area contributed by atoms with Gasteiger partial charge in [-0.05, 0) is 6.07 Å². The van der Waals surface area contributed by atoms with Crippen LogP contribution in [0.1, 0.15) is 21.6 Å². The summed E-state index contributed by atoms with van der Waals surface area (Å²) in [5.41, 5.74) is 2.18. The predicted molar refractivity (Wildman–Crippen MR) is 72.8 cm³/mol. The van der Waals surface area contributed by atoms with E-state index < -0.39 is 12.8 Å². The molecule has 6 nitrogen and oxygen atoms in total. The molecule has 23 heavy (non-hydrogen) atoms. The van der Waals surface area contributed by atoms with E-state index in [1.165, 1.54) is 18.3 Å². The fourth-order valence-electron chi connectivity index (χ4n) is 2.36. The Morgan fingerprint density at radius 2 is 2.26 bits per heavy atom. The van der Waals surface area contributed by atoms with Gasteiger partial charge < -0.3 is 9.64 Å². The molecule has 0 aromatic carbocycles. The van der Waals surface area contributed by atoms with Crippen molar-refractivity contribution in [3.63, 3.8) is 0 Å². The van der Waals surface area contributed by atoms with Crippen LogP contribution in [-0.2, 0) is 13.0 Å². The summed E-state index contributed by atoms with van der Waals surface area (Å²) in [5.74, 6) is -0.509. The number of fused-ring (bicyclic) bond motifs is 1. The molecule has 0 saturated carbocycles. The molecule has 9 heteroatoms. The standard InChI is InChI=1S/C14H13F3N4O2/c15-14(16,17)8-23-12-5-9(1-3-18-12)13(22)21-4-2-11-10(7-21)6-19-20-11/h1,3,5-6H,2,4,7-8H2,(H,19,20). The smallest absolute Gasteiger partial charge is 0.422 e. The number of ether oxygens (including phenoxy) is 1. The zero-order valence-electron chi connectivity index (χ0n) is 11.9. The van der Waals surface area contributed by atoms with Crippen molar-refractivity contribution in [1.82, 2.24) is 20.1 Å². The maximum atomic E-state index is 12.5. The summed E-state index contributed by atoms with van der Waals surface area (Å²) in [4.78, 5) is 17.8. The molecule has 1 aliphatic heterocycles. The average molecular weight is 326 g/mol. The molecule has 0 radical (unpaired) electrons. The second-order valence-electron chi connectivity index (χ2n) is 5.14. The zero-order valence-corrected chi connectivity index (χ0v) is 11.9. The maximum Gasteiger partial charge on any atom is 0.422 e. The molecule has 3 heterocycles. The topological polar surface area (TPSA) is 71.1 Å².